The molecule has 92 valence electrons. The molecule has 5 nitrogen and oxygen atoms in total. The molecular weight excluding hydrogens is 257 g/mol. The van der Waals surface area contributed by atoms with E-state index in [4.69, 9.17) is 5.73 Å². The first-order valence-corrected chi connectivity index (χ1v) is 5.70. The van der Waals surface area contributed by atoms with Crippen molar-refractivity contribution in [3.63, 3.8) is 0 Å². The molecule has 0 aliphatic rings. The van der Waals surface area contributed by atoms with Gasteiger partial charge in [-0.2, -0.15) is 0 Å². The summed E-state index contributed by atoms with van der Waals surface area (Å²) in [7, 11) is 0. The molecule has 1 aromatic carbocycles. The fourth-order valence-electron chi connectivity index (χ4n) is 1.33. The fourth-order valence-corrected chi connectivity index (χ4v) is 2.24. The molecule has 0 spiro atoms. The lowest BCUT2D eigenvalue weighted by molar-refractivity contribution is 0.111. The molecule has 0 radical (unpaired) electrons. The molecule has 0 aliphatic heterocycles. The van der Waals surface area contributed by atoms with Crippen LogP contribution < -0.4 is 11.3 Å². The van der Waals surface area contributed by atoms with Gasteiger partial charge in [-0.15, -0.1) is 0 Å². The van der Waals surface area contributed by atoms with Crippen molar-refractivity contribution in [2.75, 3.05) is 5.73 Å². The lowest BCUT2D eigenvalue weighted by Crippen LogP contribution is -2.09. The van der Waals surface area contributed by atoms with Crippen LogP contribution in [0.25, 0.3) is 0 Å². The normalized spacial score (nSPS) is 10.3. The molecule has 1 heterocycles. The zero-order valence-corrected chi connectivity index (χ0v) is 9.83. The molecular formula is C11H8FN3O2S. The minimum absolute atomic E-state index is 0.0605. The van der Waals surface area contributed by atoms with Gasteiger partial charge in [0.25, 0.3) is 5.56 Å². The summed E-state index contributed by atoms with van der Waals surface area (Å²) in [6.45, 7) is 0. The number of hydrogen-bond donors (Lipinski definition) is 2. The summed E-state index contributed by atoms with van der Waals surface area (Å²) in [5.41, 5.74) is 4.94. The Hall–Kier alpha value is -2.15. The summed E-state index contributed by atoms with van der Waals surface area (Å²) in [5.74, 6) is -0.563. The minimum Gasteiger partial charge on any atom is -0.383 e. The Morgan fingerprint density at radius 1 is 1.44 bits per heavy atom. The van der Waals surface area contributed by atoms with Crippen LogP contribution in [-0.2, 0) is 0 Å². The molecule has 2 rings (SSSR count). The summed E-state index contributed by atoms with van der Waals surface area (Å²) >= 11 is 0.963. The van der Waals surface area contributed by atoms with Gasteiger partial charge in [0.15, 0.2) is 11.4 Å². The number of nitrogen functional groups attached to an aromatic ring is 1. The highest BCUT2D eigenvalue weighted by Crippen LogP contribution is 2.28. The second-order valence-corrected chi connectivity index (χ2v) is 4.38. The van der Waals surface area contributed by atoms with E-state index in [1.807, 2.05) is 0 Å². The third-order valence-corrected chi connectivity index (χ3v) is 3.04. The number of anilines is 1. The first-order valence-electron chi connectivity index (χ1n) is 4.88. The minimum atomic E-state index is -0.624. The van der Waals surface area contributed by atoms with Gasteiger partial charge in [-0.05, 0) is 12.1 Å². The number of halogens is 1. The van der Waals surface area contributed by atoms with Gasteiger partial charge in [0.2, 0.25) is 0 Å². The number of benzene rings is 1. The van der Waals surface area contributed by atoms with Gasteiger partial charge in [0.05, 0.1) is 5.56 Å². The zero-order chi connectivity index (χ0) is 13.1. The average Bonchev–Trinajstić information content (AvgIpc) is 2.27. The van der Waals surface area contributed by atoms with Crippen LogP contribution in [0, 0.1) is 5.82 Å². The number of aromatic nitrogens is 2. The van der Waals surface area contributed by atoms with E-state index in [0.717, 1.165) is 17.8 Å². The van der Waals surface area contributed by atoms with Gasteiger partial charge < -0.3 is 10.7 Å². The molecule has 0 saturated carbocycles. The largest absolute Gasteiger partial charge is 0.383 e. The Labute approximate surface area is 105 Å². The van der Waals surface area contributed by atoms with E-state index in [1.54, 1.807) is 6.07 Å². The highest BCUT2D eigenvalue weighted by Gasteiger charge is 2.10. The van der Waals surface area contributed by atoms with Crippen LogP contribution in [0.15, 0.2) is 39.1 Å². The number of nitrogens with two attached hydrogens (primary N) is 1. The summed E-state index contributed by atoms with van der Waals surface area (Å²) in [4.78, 5) is 28.7. The SMILES string of the molecule is Nc1cc(=O)[nH]c(Sc2cccc(F)c2C=O)n1. The lowest BCUT2D eigenvalue weighted by atomic mass is 10.2. The van der Waals surface area contributed by atoms with Crippen molar-refractivity contribution < 1.29 is 9.18 Å². The van der Waals surface area contributed by atoms with E-state index in [2.05, 4.69) is 9.97 Å². The van der Waals surface area contributed by atoms with Crippen LogP contribution in [0.5, 0.6) is 0 Å². The van der Waals surface area contributed by atoms with Crippen LogP contribution in [0.4, 0.5) is 10.2 Å². The second kappa shape index (κ2) is 5.01. The number of hydrogen-bond acceptors (Lipinski definition) is 5. The maximum Gasteiger partial charge on any atom is 0.253 e. The van der Waals surface area contributed by atoms with E-state index in [0.29, 0.717) is 11.2 Å². The standard InChI is InChI=1S/C11H8FN3O2S/c12-7-2-1-3-8(6(7)5-16)18-11-14-9(13)4-10(17)15-11/h1-5H,(H3,13,14,15,17). The fraction of sp³-hybridized carbons (Fsp3) is 0. The number of rotatable bonds is 3. The predicted molar refractivity (Wildman–Crippen MR) is 65.2 cm³/mol. The smallest absolute Gasteiger partial charge is 0.253 e. The molecule has 0 aliphatic carbocycles. The maximum atomic E-state index is 13.4. The van der Waals surface area contributed by atoms with Gasteiger partial charge in [-0.25, -0.2) is 9.37 Å². The third kappa shape index (κ3) is 2.57. The Kier molecular flexibility index (Phi) is 3.42. The Morgan fingerprint density at radius 2 is 2.22 bits per heavy atom. The maximum absolute atomic E-state index is 13.4. The Morgan fingerprint density at radius 3 is 2.89 bits per heavy atom. The van der Waals surface area contributed by atoms with Crippen molar-refractivity contribution >= 4 is 23.9 Å². The van der Waals surface area contributed by atoms with Crippen LogP contribution in [-0.4, -0.2) is 16.3 Å². The molecule has 2 aromatic rings. The zero-order valence-electron chi connectivity index (χ0n) is 9.01. The summed E-state index contributed by atoms with van der Waals surface area (Å²) in [6, 6.07) is 5.34. The number of nitrogens with zero attached hydrogens (tertiary/aromatic N) is 1. The molecule has 0 bridgehead atoms. The van der Waals surface area contributed by atoms with Crippen LogP contribution >= 0.6 is 11.8 Å². The average molecular weight is 265 g/mol. The van der Waals surface area contributed by atoms with Crippen molar-refractivity contribution in [1.29, 1.82) is 0 Å². The monoisotopic (exact) mass is 265 g/mol. The van der Waals surface area contributed by atoms with Gasteiger partial charge >= 0.3 is 0 Å². The molecule has 7 heteroatoms. The second-order valence-electron chi connectivity index (χ2n) is 3.35. The molecule has 0 fully saturated rings. The molecule has 0 amide bonds. The quantitative estimate of drug-likeness (QED) is 0.647. The van der Waals surface area contributed by atoms with Crippen molar-refractivity contribution in [3.05, 3.63) is 46.0 Å². The number of H-pyrrole nitrogens is 1. The third-order valence-electron chi connectivity index (χ3n) is 2.08. The molecule has 0 unspecified atom stereocenters. The highest BCUT2D eigenvalue weighted by molar-refractivity contribution is 7.99. The number of aromatic amines is 1. The first-order chi connectivity index (χ1) is 8.60. The predicted octanol–water partition coefficient (Wildman–Crippen LogP) is 1.45. The lowest BCUT2D eigenvalue weighted by Gasteiger charge is -2.04. The van der Waals surface area contributed by atoms with Gasteiger partial charge in [-0.3, -0.25) is 9.59 Å². The summed E-state index contributed by atoms with van der Waals surface area (Å²) in [6.07, 6.45) is 0.419. The molecule has 3 N–H and O–H groups in total. The Bertz CT molecular complexity index is 657. The number of carbonyl (C=O) groups is 1. The topological polar surface area (TPSA) is 88.8 Å². The van der Waals surface area contributed by atoms with E-state index >= 15 is 0 Å². The van der Waals surface area contributed by atoms with E-state index in [1.165, 1.54) is 12.1 Å². The van der Waals surface area contributed by atoms with Gasteiger partial charge in [0, 0.05) is 11.0 Å². The summed E-state index contributed by atoms with van der Waals surface area (Å²) in [5, 5.41) is 0.203. The van der Waals surface area contributed by atoms with Crippen LogP contribution in [0.1, 0.15) is 10.4 Å². The Balaban J connectivity index is 2.42. The van der Waals surface area contributed by atoms with Crippen LogP contribution in [0.2, 0.25) is 0 Å². The first kappa shape index (κ1) is 12.3. The number of aldehydes is 1. The van der Waals surface area contributed by atoms with Crippen molar-refractivity contribution in [2.45, 2.75) is 10.1 Å². The van der Waals surface area contributed by atoms with Crippen molar-refractivity contribution in [1.82, 2.24) is 9.97 Å². The number of nitrogens with one attached hydrogen (secondary N) is 1. The van der Waals surface area contributed by atoms with Crippen LogP contribution in [0.3, 0.4) is 0 Å². The molecule has 18 heavy (non-hydrogen) atoms. The van der Waals surface area contributed by atoms with E-state index in [9.17, 15) is 14.0 Å². The highest BCUT2D eigenvalue weighted by atomic mass is 32.2. The van der Waals surface area contributed by atoms with Crippen molar-refractivity contribution in [2.24, 2.45) is 0 Å². The molecule has 0 atom stereocenters. The van der Waals surface area contributed by atoms with Gasteiger partial charge in [0.1, 0.15) is 11.6 Å². The van der Waals surface area contributed by atoms with E-state index in [-0.39, 0.29) is 16.5 Å². The molecule has 1 aromatic heterocycles. The van der Waals surface area contributed by atoms with Gasteiger partial charge in [-0.1, -0.05) is 17.8 Å². The molecule has 0 saturated heterocycles. The van der Waals surface area contributed by atoms with Crippen molar-refractivity contribution in [3.8, 4) is 0 Å². The summed E-state index contributed by atoms with van der Waals surface area (Å²) < 4.78 is 13.4. The number of carbonyl (C=O) groups excluding carboxylic acids is 1. The van der Waals surface area contributed by atoms with E-state index < -0.39 is 11.4 Å².